The van der Waals surface area contributed by atoms with Crippen molar-refractivity contribution in [3.63, 3.8) is 0 Å². The van der Waals surface area contributed by atoms with Crippen LogP contribution in [0.15, 0.2) is 30.4 Å². The van der Waals surface area contributed by atoms with Gasteiger partial charge in [-0.2, -0.15) is 0 Å². The number of carbonyl (C=O) groups excluding carboxylic acids is 1. The molecule has 0 heterocycles. The third kappa shape index (κ3) is 4.07. The summed E-state index contributed by atoms with van der Waals surface area (Å²) < 4.78 is 10.0. The molecule has 0 aliphatic carbocycles. The number of carbonyl (C=O) groups is 3. The fraction of sp³-hybridized carbons (Fsp3) is 0.214. The molecule has 0 radical (unpaired) electrons. The molecule has 21 heavy (non-hydrogen) atoms. The summed E-state index contributed by atoms with van der Waals surface area (Å²) in [5.74, 6) is -3.76. The molecule has 0 aliphatic heterocycles. The Bertz CT molecular complexity index is 603. The first-order valence-corrected chi connectivity index (χ1v) is 5.86. The highest BCUT2D eigenvalue weighted by atomic mass is 16.7. The highest BCUT2D eigenvalue weighted by Gasteiger charge is 2.23. The summed E-state index contributed by atoms with van der Waals surface area (Å²) in [6.07, 6.45) is -1.10. The molecule has 0 saturated heterocycles. The largest absolute Gasteiger partial charge is 0.478 e. The molecule has 112 valence electrons. The lowest BCUT2D eigenvalue weighted by Gasteiger charge is -2.17. The van der Waals surface area contributed by atoms with E-state index in [0.29, 0.717) is 0 Å². The van der Waals surface area contributed by atoms with E-state index < -0.39 is 35.3 Å². The molecule has 0 fully saturated rings. The molecule has 1 unspecified atom stereocenters. The van der Waals surface area contributed by atoms with Crippen LogP contribution in [0.5, 0.6) is 5.75 Å². The Kier molecular flexibility index (Phi) is 5.06. The second-order valence-electron chi connectivity index (χ2n) is 4.16. The number of aromatic carboxylic acids is 2. The normalized spacial score (nSPS) is 11.3. The van der Waals surface area contributed by atoms with Gasteiger partial charge >= 0.3 is 17.9 Å². The van der Waals surface area contributed by atoms with Crippen LogP contribution in [0, 0.1) is 0 Å². The van der Waals surface area contributed by atoms with Crippen molar-refractivity contribution in [2.75, 3.05) is 0 Å². The summed E-state index contributed by atoms with van der Waals surface area (Å²) >= 11 is 0. The first kappa shape index (κ1) is 16.2. The van der Waals surface area contributed by atoms with Crippen molar-refractivity contribution < 1.29 is 34.1 Å². The molecule has 1 aromatic rings. The fourth-order valence-corrected chi connectivity index (χ4v) is 1.48. The Morgan fingerprint density at radius 2 is 1.81 bits per heavy atom. The lowest BCUT2D eigenvalue weighted by Crippen LogP contribution is -2.22. The lowest BCUT2D eigenvalue weighted by atomic mass is 10.1. The molecule has 2 N–H and O–H groups in total. The van der Waals surface area contributed by atoms with Gasteiger partial charge in [0.25, 0.3) is 0 Å². The van der Waals surface area contributed by atoms with E-state index in [9.17, 15) is 14.4 Å². The molecule has 0 aliphatic rings. The van der Waals surface area contributed by atoms with Crippen LogP contribution in [0.2, 0.25) is 0 Å². The molecule has 0 amide bonds. The predicted molar refractivity (Wildman–Crippen MR) is 71.4 cm³/mol. The van der Waals surface area contributed by atoms with Gasteiger partial charge in [-0.15, -0.1) is 0 Å². The Labute approximate surface area is 120 Å². The van der Waals surface area contributed by atoms with Crippen LogP contribution in [0.4, 0.5) is 0 Å². The van der Waals surface area contributed by atoms with Crippen LogP contribution >= 0.6 is 0 Å². The predicted octanol–water partition coefficient (Wildman–Crippen LogP) is 1.93. The number of hydrogen-bond acceptors (Lipinski definition) is 5. The minimum absolute atomic E-state index is 0.156. The Morgan fingerprint density at radius 1 is 1.19 bits per heavy atom. The van der Waals surface area contributed by atoms with Crippen molar-refractivity contribution in [3.8, 4) is 5.75 Å². The van der Waals surface area contributed by atoms with E-state index in [1.54, 1.807) is 0 Å². The maximum Gasteiger partial charge on any atom is 0.340 e. The summed E-state index contributed by atoms with van der Waals surface area (Å²) in [5, 5.41) is 18.1. The van der Waals surface area contributed by atoms with Gasteiger partial charge in [-0.1, -0.05) is 12.6 Å². The monoisotopic (exact) mass is 294 g/mol. The van der Waals surface area contributed by atoms with Gasteiger partial charge in [0.2, 0.25) is 6.29 Å². The van der Waals surface area contributed by atoms with Gasteiger partial charge in [0, 0.05) is 12.5 Å². The van der Waals surface area contributed by atoms with Gasteiger partial charge in [0.1, 0.15) is 11.3 Å². The van der Waals surface area contributed by atoms with E-state index in [0.717, 1.165) is 6.07 Å². The molecular formula is C14H14O7. The number of carboxylic acids is 2. The molecule has 1 rings (SSSR count). The summed E-state index contributed by atoms with van der Waals surface area (Å²) in [6, 6.07) is 3.75. The van der Waals surface area contributed by atoms with E-state index >= 15 is 0 Å². The highest BCUT2D eigenvalue weighted by molar-refractivity contribution is 6.03. The molecule has 0 spiro atoms. The van der Waals surface area contributed by atoms with Crippen molar-refractivity contribution >= 4 is 17.9 Å². The maximum atomic E-state index is 11.3. The molecule has 0 saturated carbocycles. The van der Waals surface area contributed by atoms with Crippen LogP contribution in [0.3, 0.4) is 0 Å². The highest BCUT2D eigenvalue weighted by Crippen LogP contribution is 2.24. The van der Waals surface area contributed by atoms with E-state index in [2.05, 4.69) is 6.58 Å². The number of hydrogen-bond donors (Lipinski definition) is 2. The minimum Gasteiger partial charge on any atom is -0.478 e. The topological polar surface area (TPSA) is 110 Å². The molecule has 0 bridgehead atoms. The molecular weight excluding hydrogens is 280 g/mol. The first-order valence-electron chi connectivity index (χ1n) is 5.86. The molecule has 7 heteroatoms. The number of rotatable bonds is 6. The third-order valence-corrected chi connectivity index (χ3v) is 2.38. The van der Waals surface area contributed by atoms with Crippen LogP contribution in [-0.2, 0) is 9.53 Å². The van der Waals surface area contributed by atoms with E-state index in [1.165, 1.54) is 26.0 Å². The zero-order valence-electron chi connectivity index (χ0n) is 11.5. The van der Waals surface area contributed by atoms with Gasteiger partial charge in [-0.25, -0.2) is 14.4 Å². The van der Waals surface area contributed by atoms with Crippen molar-refractivity contribution in [2.45, 2.75) is 20.1 Å². The lowest BCUT2D eigenvalue weighted by molar-refractivity contribution is -0.156. The van der Waals surface area contributed by atoms with Gasteiger partial charge in [0.05, 0.1) is 5.56 Å². The quantitative estimate of drug-likeness (QED) is 0.468. The van der Waals surface area contributed by atoms with Gasteiger partial charge in [-0.3, -0.25) is 0 Å². The number of carboxylic acid groups (broad SMARTS) is 2. The van der Waals surface area contributed by atoms with Crippen LogP contribution in [-0.4, -0.2) is 34.4 Å². The Hall–Kier alpha value is -2.83. The summed E-state index contributed by atoms with van der Waals surface area (Å²) in [7, 11) is 0. The van der Waals surface area contributed by atoms with Crippen LogP contribution in [0.25, 0.3) is 0 Å². The number of esters is 1. The Balaban J connectivity index is 3.06. The van der Waals surface area contributed by atoms with Crippen LogP contribution in [0.1, 0.15) is 34.6 Å². The summed E-state index contributed by atoms with van der Waals surface area (Å²) in [5.41, 5.74) is -0.773. The van der Waals surface area contributed by atoms with Gasteiger partial charge < -0.3 is 19.7 Å². The second-order valence-corrected chi connectivity index (χ2v) is 4.16. The van der Waals surface area contributed by atoms with Crippen molar-refractivity contribution in [1.29, 1.82) is 0 Å². The summed E-state index contributed by atoms with van der Waals surface area (Å²) in [4.78, 5) is 33.5. The van der Waals surface area contributed by atoms with Gasteiger partial charge in [-0.05, 0) is 19.1 Å². The average molecular weight is 294 g/mol. The average Bonchev–Trinajstić information content (AvgIpc) is 2.37. The fourth-order valence-electron chi connectivity index (χ4n) is 1.48. The van der Waals surface area contributed by atoms with Crippen molar-refractivity contribution in [2.24, 2.45) is 0 Å². The van der Waals surface area contributed by atoms with Crippen molar-refractivity contribution in [3.05, 3.63) is 41.5 Å². The Morgan fingerprint density at radius 3 is 2.29 bits per heavy atom. The second kappa shape index (κ2) is 6.56. The van der Waals surface area contributed by atoms with E-state index in [-0.39, 0.29) is 11.3 Å². The molecule has 0 aromatic heterocycles. The standard InChI is InChI=1S/C14H14O7/c1-7(2)14(19)21-8(3)20-10-6-4-5-9(12(15)16)11(10)13(17)18/h4-6,8H,1H2,2-3H3,(H,15,16)(H,17,18). The van der Waals surface area contributed by atoms with E-state index in [4.69, 9.17) is 19.7 Å². The third-order valence-electron chi connectivity index (χ3n) is 2.38. The summed E-state index contributed by atoms with van der Waals surface area (Å²) in [6.45, 7) is 6.22. The SMILES string of the molecule is C=C(C)C(=O)OC(C)Oc1cccc(C(=O)O)c1C(=O)O. The molecule has 1 aromatic carbocycles. The van der Waals surface area contributed by atoms with Gasteiger partial charge in [0.15, 0.2) is 0 Å². The zero-order valence-corrected chi connectivity index (χ0v) is 11.5. The van der Waals surface area contributed by atoms with Crippen molar-refractivity contribution in [1.82, 2.24) is 0 Å². The van der Waals surface area contributed by atoms with E-state index in [1.807, 2.05) is 0 Å². The number of benzene rings is 1. The molecule has 7 nitrogen and oxygen atoms in total. The van der Waals surface area contributed by atoms with Crippen LogP contribution < -0.4 is 4.74 Å². The zero-order chi connectivity index (χ0) is 16.2. The minimum atomic E-state index is -1.46. The maximum absolute atomic E-state index is 11.3. The smallest absolute Gasteiger partial charge is 0.340 e. The molecule has 1 atom stereocenters. The first-order chi connectivity index (χ1) is 9.73. The number of ether oxygens (including phenoxy) is 2.